The van der Waals surface area contributed by atoms with Crippen LogP contribution in [0.4, 0.5) is 0 Å². The molecular formula is C25H52O5Si3. The molecule has 0 spiro atoms. The van der Waals surface area contributed by atoms with E-state index in [9.17, 15) is 4.79 Å². The van der Waals surface area contributed by atoms with Gasteiger partial charge in [-0.05, 0) is 54.4 Å². The van der Waals surface area contributed by atoms with Gasteiger partial charge < -0.3 is 18.0 Å². The first kappa shape index (κ1) is 29.2. The lowest BCUT2D eigenvalue weighted by Gasteiger charge is -2.51. The number of rotatable bonds is 9. The minimum atomic E-state index is -2.15. The summed E-state index contributed by atoms with van der Waals surface area (Å²) in [5.41, 5.74) is 0. The van der Waals surface area contributed by atoms with Crippen molar-refractivity contribution in [2.24, 2.45) is 5.92 Å². The number of hydrogen-bond donors (Lipinski definition) is 0. The van der Waals surface area contributed by atoms with Gasteiger partial charge in [-0.25, -0.2) is 0 Å². The van der Waals surface area contributed by atoms with Crippen molar-refractivity contribution < 1.29 is 22.8 Å². The highest BCUT2D eigenvalue weighted by Crippen LogP contribution is 2.48. The fourth-order valence-electron chi connectivity index (χ4n) is 4.48. The van der Waals surface area contributed by atoms with Crippen molar-refractivity contribution in [1.29, 1.82) is 0 Å². The van der Waals surface area contributed by atoms with Crippen molar-refractivity contribution in [3.8, 4) is 0 Å². The summed E-state index contributed by atoms with van der Waals surface area (Å²) in [6.45, 7) is 29.4. The van der Waals surface area contributed by atoms with Crippen LogP contribution >= 0.6 is 0 Å². The Balaban J connectivity index is 2.57. The predicted octanol–water partition coefficient (Wildman–Crippen LogP) is 7.10. The molecule has 8 heteroatoms. The van der Waals surface area contributed by atoms with Gasteiger partial charge in [-0.3, -0.25) is 4.79 Å². The normalized spacial score (nSPS) is 29.4. The maximum Gasteiger partial charge on any atom is 0.312 e. The largest absolute Gasteiger partial charge is 0.459 e. The number of fused-ring (bicyclic) bond motifs is 2. The Kier molecular flexibility index (Phi) is 8.69. The average molecular weight is 517 g/mol. The van der Waals surface area contributed by atoms with Gasteiger partial charge in [0, 0.05) is 6.42 Å². The molecule has 2 bridgehead atoms. The van der Waals surface area contributed by atoms with Gasteiger partial charge >= 0.3 is 5.97 Å². The zero-order chi connectivity index (χ0) is 25.6. The second-order valence-electron chi connectivity index (χ2n) is 13.3. The van der Waals surface area contributed by atoms with Crippen molar-refractivity contribution in [2.45, 2.75) is 148 Å². The van der Waals surface area contributed by atoms with E-state index in [-0.39, 0.29) is 46.4 Å². The Morgan fingerprint density at radius 3 is 1.58 bits per heavy atom. The minimum Gasteiger partial charge on any atom is -0.459 e. The first-order valence-corrected chi connectivity index (χ1v) is 21.4. The minimum absolute atomic E-state index is 0.0508. The molecule has 0 aromatic heterocycles. The topological polar surface area (TPSA) is 54.0 Å². The van der Waals surface area contributed by atoms with Crippen LogP contribution in [0.5, 0.6) is 0 Å². The van der Waals surface area contributed by atoms with E-state index in [2.05, 4.69) is 88.5 Å². The molecule has 1 saturated heterocycles. The third-order valence-corrected chi connectivity index (χ3v) is 22.8. The van der Waals surface area contributed by atoms with Crippen molar-refractivity contribution in [3.05, 3.63) is 0 Å². The molecule has 1 aliphatic carbocycles. The van der Waals surface area contributed by atoms with Gasteiger partial charge in [0.25, 0.3) is 0 Å². The van der Waals surface area contributed by atoms with Crippen LogP contribution in [0.3, 0.4) is 0 Å². The second-order valence-corrected chi connectivity index (χ2v) is 27.6. The molecule has 194 valence electrons. The first-order valence-electron chi connectivity index (χ1n) is 13.1. The molecule has 2 fully saturated rings. The van der Waals surface area contributed by atoms with Gasteiger partial charge in [0.1, 0.15) is 12.2 Å². The summed E-state index contributed by atoms with van der Waals surface area (Å²) in [6.07, 6.45) is -0.391. The van der Waals surface area contributed by atoms with E-state index in [4.69, 9.17) is 18.0 Å². The van der Waals surface area contributed by atoms with Crippen molar-refractivity contribution in [3.63, 3.8) is 0 Å². The maximum atomic E-state index is 13.1. The highest BCUT2D eigenvalue weighted by Gasteiger charge is 2.60. The second kappa shape index (κ2) is 9.81. The van der Waals surface area contributed by atoms with Crippen molar-refractivity contribution >= 4 is 30.9 Å². The quantitative estimate of drug-likeness (QED) is 0.241. The highest BCUT2D eigenvalue weighted by atomic mass is 28.4. The van der Waals surface area contributed by atoms with Crippen LogP contribution in [-0.2, 0) is 22.8 Å². The summed E-state index contributed by atoms with van der Waals surface area (Å²) < 4.78 is 27.2. The molecule has 33 heavy (non-hydrogen) atoms. The molecule has 2 aliphatic rings. The molecule has 0 aromatic rings. The fraction of sp³-hybridized carbons (Fsp3) is 0.960. The molecule has 1 heterocycles. The Bertz CT molecular complexity index is 683. The highest BCUT2D eigenvalue weighted by molar-refractivity contribution is 6.75. The summed E-state index contributed by atoms with van der Waals surface area (Å²) in [4.78, 5) is 13.1. The number of hydrogen-bond acceptors (Lipinski definition) is 5. The van der Waals surface area contributed by atoms with Gasteiger partial charge in [0.15, 0.2) is 25.0 Å². The number of ether oxygens (including phenoxy) is 1. The summed E-state index contributed by atoms with van der Waals surface area (Å²) in [7, 11) is -6.26. The Labute approximate surface area is 207 Å². The zero-order valence-corrected chi connectivity index (χ0v) is 26.8. The third-order valence-electron chi connectivity index (χ3n) is 9.26. The first-order chi connectivity index (χ1) is 14.8. The van der Waals surface area contributed by atoms with Crippen LogP contribution < -0.4 is 0 Å². The standard InChI is InChI=1S/C25H52O5Si3/c1-14-33(15-2,16-3)30-20-18-17-19(27-23(18)26)21(28-31(10,11)24(4,5)6)22(20)29-32(12,13)25(7,8)9/h18-22H,14-17H2,1-13H3/t18-,19+,20-,21-,22+/m0/s1. The van der Waals surface area contributed by atoms with Gasteiger partial charge in [-0.15, -0.1) is 0 Å². The molecule has 0 amide bonds. The van der Waals surface area contributed by atoms with E-state index in [0.717, 1.165) is 18.1 Å². The van der Waals surface area contributed by atoms with Gasteiger partial charge in [0.05, 0.1) is 18.1 Å². The lowest BCUT2D eigenvalue weighted by molar-refractivity contribution is -0.146. The predicted molar refractivity (Wildman–Crippen MR) is 144 cm³/mol. The van der Waals surface area contributed by atoms with Crippen molar-refractivity contribution in [2.75, 3.05) is 0 Å². The molecule has 2 rings (SSSR count). The van der Waals surface area contributed by atoms with E-state index >= 15 is 0 Å². The molecule has 0 radical (unpaired) electrons. The van der Waals surface area contributed by atoms with Gasteiger partial charge in [-0.1, -0.05) is 62.3 Å². The van der Waals surface area contributed by atoms with Crippen LogP contribution in [0.15, 0.2) is 0 Å². The van der Waals surface area contributed by atoms with Gasteiger partial charge in [-0.2, -0.15) is 0 Å². The van der Waals surface area contributed by atoms with Crippen LogP contribution in [-0.4, -0.2) is 55.3 Å². The molecule has 0 N–H and O–H groups in total. The number of esters is 1. The summed E-state index contributed by atoms with van der Waals surface area (Å²) >= 11 is 0. The maximum absolute atomic E-state index is 13.1. The lowest BCUT2D eigenvalue weighted by Crippen LogP contribution is -2.63. The number of carbonyl (C=O) groups excluding carboxylic acids is 1. The lowest BCUT2D eigenvalue weighted by atomic mass is 9.83. The summed E-state index contributed by atoms with van der Waals surface area (Å²) in [6, 6.07) is 3.13. The van der Waals surface area contributed by atoms with E-state index in [0.29, 0.717) is 6.42 Å². The molecule has 1 aliphatic heterocycles. The molecule has 0 aromatic carbocycles. The fourth-order valence-corrected chi connectivity index (χ4v) is 9.97. The smallest absolute Gasteiger partial charge is 0.312 e. The average Bonchev–Trinajstić information content (AvgIpc) is 3.02. The van der Waals surface area contributed by atoms with E-state index < -0.39 is 25.0 Å². The van der Waals surface area contributed by atoms with E-state index in [1.54, 1.807) is 0 Å². The van der Waals surface area contributed by atoms with Crippen LogP contribution in [0.2, 0.25) is 54.4 Å². The Hall–Kier alpha value is 0.000649. The molecule has 5 nitrogen and oxygen atoms in total. The molecule has 5 atom stereocenters. The van der Waals surface area contributed by atoms with E-state index in [1.807, 2.05) is 0 Å². The van der Waals surface area contributed by atoms with Gasteiger partial charge in [0.2, 0.25) is 0 Å². The van der Waals surface area contributed by atoms with Crippen LogP contribution in [0, 0.1) is 5.92 Å². The Morgan fingerprint density at radius 1 is 0.758 bits per heavy atom. The summed E-state index contributed by atoms with van der Waals surface area (Å²) in [5, 5.41) is 0.105. The van der Waals surface area contributed by atoms with Crippen LogP contribution in [0.1, 0.15) is 68.7 Å². The SMILES string of the molecule is CC[Si](CC)(CC)O[C@@H]1[C@@H](O[Si](C)(C)C(C)(C)C)[C@@H](O[Si](C)(C)C(C)(C)C)[C@H]2C[C@@H]1C(=O)O2. The molecular weight excluding hydrogens is 465 g/mol. The molecule has 1 saturated carbocycles. The van der Waals surface area contributed by atoms with Crippen LogP contribution in [0.25, 0.3) is 0 Å². The molecule has 0 unspecified atom stereocenters. The third kappa shape index (κ3) is 5.88. The zero-order valence-electron chi connectivity index (χ0n) is 23.8. The van der Waals surface area contributed by atoms with Crippen molar-refractivity contribution in [1.82, 2.24) is 0 Å². The number of carbonyl (C=O) groups is 1. The monoisotopic (exact) mass is 516 g/mol. The van der Waals surface area contributed by atoms with E-state index in [1.165, 1.54) is 0 Å². The summed E-state index contributed by atoms with van der Waals surface area (Å²) in [5.74, 6) is -0.373. The Morgan fingerprint density at radius 2 is 1.18 bits per heavy atom.